The van der Waals surface area contributed by atoms with Gasteiger partial charge in [0.1, 0.15) is 0 Å². The third-order valence-corrected chi connectivity index (χ3v) is 4.51. The van der Waals surface area contributed by atoms with E-state index in [1.807, 2.05) is 11.9 Å². The van der Waals surface area contributed by atoms with E-state index in [4.69, 9.17) is 10.5 Å². The Morgan fingerprint density at radius 1 is 1.24 bits per heavy atom. The third kappa shape index (κ3) is 5.49. The highest BCUT2D eigenvalue weighted by Gasteiger charge is 2.20. The van der Waals surface area contributed by atoms with Crippen molar-refractivity contribution in [2.45, 2.75) is 32.6 Å². The molecule has 156 valence electrons. The number of nitrogen functional groups attached to an aromatic ring is 1. The number of aldehydes is 1. The van der Waals surface area contributed by atoms with Gasteiger partial charge in [-0.1, -0.05) is 26.2 Å². The summed E-state index contributed by atoms with van der Waals surface area (Å²) in [6.07, 6.45) is 9.36. The van der Waals surface area contributed by atoms with Crippen molar-refractivity contribution < 1.29 is 18.3 Å². The lowest BCUT2D eigenvalue weighted by Gasteiger charge is -2.14. The SMILES string of the molecule is CCCCCCN(C)/C=C\c1cc(-c2ncc(OC)c(N)n2)c(F)c(F)c1C=O. The van der Waals surface area contributed by atoms with E-state index in [-0.39, 0.29) is 34.1 Å². The van der Waals surface area contributed by atoms with E-state index in [9.17, 15) is 13.6 Å². The molecule has 0 radical (unpaired) electrons. The standard InChI is InChI=1S/C21H26F2N4O2/c1-4-5-6-7-9-27(2)10-8-14-11-15(18(22)19(23)16(14)13-28)21-25-12-17(29-3)20(24)26-21/h8,10-13H,4-7,9H2,1-3H3,(H2,24,25,26)/b10-8-. The van der Waals surface area contributed by atoms with E-state index >= 15 is 0 Å². The van der Waals surface area contributed by atoms with Crippen LogP contribution < -0.4 is 10.5 Å². The molecule has 1 aromatic carbocycles. The first-order valence-corrected chi connectivity index (χ1v) is 9.45. The fourth-order valence-electron chi connectivity index (χ4n) is 2.82. The highest BCUT2D eigenvalue weighted by atomic mass is 19.2. The normalized spacial score (nSPS) is 11.1. The lowest BCUT2D eigenvalue weighted by atomic mass is 10.0. The first-order chi connectivity index (χ1) is 13.9. The van der Waals surface area contributed by atoms with Gasteiger partial charge in [0.15, 0.2) is 35.3 Å². The molecular formula is C21H26F2N4O2. The van der Waals surface area contributed by atoms with Crippen LogP contribution in [0.15, 0.2) is 18.5 Å². The molecule has 0 saturated carbocycles. The van der Waals surface area contributed by atoms with Crippen LogP contribution in [0.2, 0.25) is 0 Å². The van der Waals surface area contributed by atoms with Crippen LogP contribution in [-0.2, 0) is 0 Å². The summed E-state index contributed by atoms with van der Waals surface area (Å²) in [5, 5.41) is 0. The molecule has 0 aliphatic rings. The van der Waals surface area contributed by atoms with Crippen LogP contribution in [0.3, 0.4) is 0 Å². The maximum Gasteiger partial charge on any atom is 0.179 e. The largest absolute Gasteiger partial charge is 0.491 e. The second kappa shape index (κ2) is 10.5. The number of hydrogen-bond donors (Lipinski definition) is 1. The fraction of sp³-hybridized carbons (Fsp3) is 0.381. The Hall–Kier alpha value is -3.03. The summed E-state index contributed by atoms with van der Waals surface area (Å²) in [6, 6.07) is 1.34. The van der Waals surface area contributed by atoms with E-state index in [2.05, 4.69) is 16.9 Å². The minimum absolute atomic E-state index is 0.000627. The van der Waals surface area contributed by atoms with Gasteiger partial charge in [-0.2, -0.15) is 0 Å². The number of hydrogen-bond acceptors (Lipinski definition) is 6. The van der Waals surface area contributed by atoms with Gasteiger partial charge in [0, 0.05) is 13.6 Å². The smallest absolute Gasteiger partial charge is 0.179 e. The van der Waals surface area contributed by atoms with Crippen LogP contribution in [0.1, 0.15) is 48.5 Å². The summed E-state index contributed by atoms with van der Waals surface area (Å²) < 4.78 is 34.0. The Kier molecular flexibility index (Phi) is 8.06. The van der Waals surface area contributed by atoms with E-state index < -0.39 is 11.6 Å². The first kappa shape index (κ1) is 22.3. The van der Waals surface area contributed by atoms with Crippen LogP contribution in [-0.4, -0.2) is 41.9 Å². The molecule has 29 heavy (non-hydrogen) atoms. The number of nitrogens with two attached hydrogens (primary N) is 1. The number of ether oxygens (including phenoxy) is 1. The van der Waals surface area contributed by atoms with Crippen LogP contribution in [0.5, 0.6) is 5.75 Å². The molecule has 0 bridgehead atoms. The summed E-state index contributed by atoms with van der Waals surface area (Å²) >= 11 is 0. The fourth-order valence-corrected chi connectivity index (χ4v) is 2.82. The van der Waals surface area contributed by atoms with E-state index in [1.54, 1.807) is 12.3 Å². The molecular weight excluding hydrogens is 378 g/mol. The first-order valence-electron chi connectivity index (χ1n) is 9.45. The number of rotatable bonds is 10. The minimum atomic E-state index is -1.25. The molecule has 0 atom stereocenters. The van der Waals surface area contributed by atoms with Gasteiger partial charge in [0.05, 0.1) is 24.4 Å². The van der Waals surface area contributed by atoms with E-state index in [0.717, 1.165) is 25.8 Å². The number of carbonyl (C=O) groups is 1. The zero-order valence-corrected chi connectivity index (χ0v) is 16.9. The van der Waals surface area contributed by atoms with Gasteiger partial charge in [0.2, 0.25) is 0 Å². The van der Waals surface area contributed by atoms with Crippen molar-refractivity contribution in [2.75, 3.05) is 26.4 Å². The van der Waals surface area contributed by atoms with Crippen molar-refractivity contribution in [1.82, 2.24) is 14.9 Å². The van der Waals surface area contributed by atoms with Crippen LogP contribution >= 0.6 is 0 Å². The lowest BCUT2D eigenvalue weighted by molar-refractivity contribution is 0.111. The summed E-state index contributed by atoms with van der Waals surface area (Å²) in [5.41, 5.74) is 5.43. The van der Waals surface area contributed by atoms with Crippen molar-refractivity contribution in [3.05, 3.63) is 41.2 Å². The maximum absolute atomic E-state index is 14.5. The van der Waals surface area contributed by atoms with Crippen LogP contribution in [0, 0.1) is 11.6 Å². The second-order valence-corrected chi connectivity index (χ2v) is 6.68. The van der Waals surface area contributed by atoms with Crippen molar-refractivity contribution in [3.63, 3.8) is 0 Å². The Balaban J connectivity index is 2.36. The zero-order chi connectivity index (χ0) is 21.4. The molecule has 0 aliphatic heterocycles. The molecule has 0 saturated heterocycles. The van der Waals surface area contributed by atoms with Crippen molar-refractivity contribution in [2.24, 2.45) is 0 Å². The highest BCUT2D eigenvalue weighted by Crippen LogP contribution is 2.29. The Bertz CT molecular complexity index is 887. The number of nitrogens with zero attached hydrogens (tertiary/aromatic N) is 3. The Labute approximate surface area is 169 Å². The number of methoxy groups -OCH3 is 1. The predicted molar refractivity (Wildman–Crippen MR) is 110 cm³/mol. The number of carbonyl (C=O) groups excluding carboxylic acids is 1. The van der Waals surface area contributed by atoms with Gasteiger partial charge in [-0.15, -0.1) is 0 Å². The maximum atomic E-state index is 14.5. The molecule has 0 amide bonds. The molecule has 2 N–H and O–H groups in total. The number of benzene rings is 1. The Morgan fingerprint density at radius 3 is 2.62 bits per heavy atom. The summed E-state index contributed by atoms with van der Waals surface area (Å²) in [6.45, 7) is 2.97. The molecule has 1 aromatic heterocycles. The zero-order valence-electron chi connectivity index (χ0n) is 16.9. The lowest BCUT2D eigenvalue weighted by Crippen LogP contribution is -2.12. The summed E-state index contributed by atoms with van der Waals surface area (Å²) in [5.74, 6) is -2.33. The Morgan fingerprint density at radius 2 is 2.00 bits per heavy atom. The van der Waals surface area contributed by atoms with Crippen LogP contribution in [0.25, 0.3) is 17.5 Å². The summed E-state index contributed by atoms with van der Waals surface area (Å²) in [4.78, 5) is 21.3. The molecule has 0 aliphatic carbocycles. The van der Waals surface area contributed by atoms with E-state index in [0.29, 0.717) is 6.29 Å². The average Bonchev–Trinajstić information content (AvgIpc) is 2.71. The van der Waals surface area contributed by atoms with Gasteiger partial charge in [-0.05, 0) is 30.3 Å². The van der Waals surface area contributed by atoms with Crippen molar-refractivity contribution in [3.8, 4) is 17.1 Å². The average molecular weight is 404 g/mol. The van der Waals surface area contributed by atoms with E-state index in [1.165, 1.54) is 25.8 Å². The molecule has 0 fully saturated rings. The molecule has 0 spiro atoms. The quantitative estimate of drug-likeness (QED) is 0.469. The molecule has 0 unspecified atom stereocenters. The molecule has 6 nitrogen and oxygen atoms in total. The molecule has 2 rings (SSSR count). The minimum Gasteiger partial charge on any atom is -0.491 e. The predicted octanol–water partition coefficient (Wildman–Crippen LogP) is 4.31. The molecule has 8 heteroatoms. The second-order valence-electron chi connectivity index (χ2n) is 6.68. The molecule has 1 heterocycles. The van der Waals surface area contributed by atoms with Gasteiger partial charge in [-0.3, -0.25) is 4.79 Å². The van der Waals surface area contributed by atoms with Gasteiger partial charge in [0.25, 0.3) is 0 Å². The third-order valence-electron chi connectivity index (χ3n) is 4.51. The van der Waals surface area contributed by atoms with Crippen LogP contribution in [0.4, 0.5) is 14.6 Å². The van der Waals surface area contributed by atoms with Gasteiger partial charge < -0.3 is 15.4 Å². The summed E-state index contributed by atoms with van der Waals surface area (Å²) in [7, 11) is 3.28. The molecule has 2 aromatic rings. The number of halogens is 2. The number of unbranched alkanes of at least 4 members (excludes halogenated alkanes) is 3. The highest BCUT2D eigenvalue weighted by molar-refractivity contribution is 5.84. The monoisotopic (exact) mass is 404 g/mol. The number of anilines is 1. The van der Waals surface area contributed by atoms with Crippen molar-refractivity contribution in [1.29, 1.82) is 0 Å². The number of aromatic nitrogens is 2. The van der Waals surface area contributed by atoms with Gasteiger partial charge >= 0.3 is 0 Å². The van der Waals surface area contributed by atoms with Gasteiger partial charge in [-0.25, -0.2) is 18.7 Å². The topological polar surface area (TPSA) is 81.3 Å². The van der Waals surface area contributed by atoms with Crippen molar-refractivity contribution >= 4 is 18.2 Å².